The molecule has 0 radical (unpaired) electrons. The van der Waals surface area contributed by atoms with Crippen molar-refractivity contribution in [1.82, 2.24) is 4.98 Å². The molecule has 0 aliphatic carbocycles. The van der Waals surface area contributed by atoms with Gasteiger partial charge < -0.3 is 5.32 Å². The zero-order valence-corrected chi connectivity index (χ0v) is 15.3. The van der Waals surface area contributed by atoms with Crippen LogP contribution in [0.15, 0.2) is 59.8 Å². The van der Waals surface area contributed by atoms with Crippen LogP contribution >= 0.6 is 23.4 Å². The number of nitrogens with zero attached hydrogens (tertiary/aromatic N) is 1. The van der Waals surface area contributed by atoms with Gasteiger partial charge in [0.15, 0.2) is 17.5 Å². The number of carbonyl (C=O) groups excluding carboxylic acids is 1. The number of hydrogen-bond acceptors (Lipinski definition) is 3. The maximum atomic E-state index is 13.3. The number of pyridine rings is 1. The zero-order chi connectivity index (χ0) is 19.4. The van der Waals surface area contributed by atoms with Crippen LogP contribution in [0.4, 0.5) is 18.9 Å². The van der Waals surface area contributed by atoms with E-state index in [0.717, 1.165) is 5.56 Å². The Kier molecular flexibility index (Phi) is 6.03. The highest BCUT2D eigenvalue weighted by Crippen LogP contribution is 2.31. The molecule has 0 bridgehead atoms. The quantitative estimate of drug-likeness (QED) is 0.435. The fourth-order valence-corrected chi connectivity index (χ4v) is 3.44. The van der Waals surface area contributed by atoms with Crippen LogP contribution in [0, 0.1) is 17.5 Å². The first-order chi connectivity index (χ1) is 12.9. The lowest BCUT2D eigenvalue weighted by Crippen LogP contribution is -2.12. The Morgan fingerprint density at radius 2 is 1.70 bits per heavy atom. The maximum Gasteiger partial charge on any atom is 0.255 e. The van der Waals surface area contributed by atoms with E-state index in [2.05, 4.69) is 10.3 Å². The fourth-order valence-electron chi connectivity index (χ4n) is 2.23. The largest absolute Gasteiger partial charge is 0.322 e. The molecule has 0 saturated carbocycles. The number of amides is 1. The van der Waals surface area contributed by atoms with Gasteiger partial charge in [0.25, 0.3) is 5.91 Å². The van der Waals surface area contributed by atoms with E-state index in [1.54, 1.807) is 24.5 Å². The van der Waals surface area contributed by atoms with Gasteiger partial charge in [-0.05, 0) is 35.9 Å². The van der Waals surface area contributed by atoms with Crippen molar-refractivity contribution in [2.75, 3.05) is 5.32 Å². The standard InChI is InChI=1S/C19H12ClF3N2OS/c20-14-2-1-12(7-17(14)27-10-11-3-5-24-6-4-11)19(26)25-13-8-15(21)18(23)16(22)9-13/h1-9H,10H2,(H,25,26). The van der Waals surface area contributed by atoms with Gasteiger partial charge in [0.2, 0.25) is 0 Å². The van der Waals surface area contributed by atoms with Gasteiger partial charge in [-0.3, -0.25) is 9.78 Å². The fraction of sp³-hybridized carbons (Fsp3) is 0.0526. The number of halogens is 4. The van der Waals surface area contributed by atoms with Gasteiger partial charge in [-0.25, -0.2) is 13.2 Å². The average Bonchev–Trinajstić information content (AvgIpc) is 2.66. The number of carbonyl (C=O) groups is 1. The Hall–Kier alpha value is -2.51. The van der Waals surface area contributed by atoms with Gasteiger partial charge >= 0.3 is 0 Å². The molecule has 27 heavy (non-hydrogen) atoms. The minimum Gasteiger partial charge on any atom is -0.322 e. The number of thioether (sulfide) groups is 1. The second-order valence-electron chi connectivity index (χ2n) is 5.50. The molecule has 138 valence electrons. The lowest BCUT2D eigenvalue weighted by atomic mass is 10.2. The van der Waals surface area contributed by atoms with E-state index >= 15 is 0 Å². The molecular formula is C19H12ClF3N2OS. The Balaban J connectivity index is 1.75. The molecule has 3 nitrogen and oxygen atoms in total. The lowest BCUT2D eigenvalue weighted by Gasteiger charge is -2.09. The molecule has 8 heteroatoms. The molecule has 3 rings (SSSR count). The van der Waals surface area contributed by atoms with E-state index in [1.807, 2.05) is 12.1 Å². The summed E-state index contributed by atoms with van der Waals surface area (Å²) in [7, 11) is 0. The van der Waals surface area contributed by atoms with E-state index < -0.39 is 23.4 Å². The van der Waals surface area contributed by atoms with Crippen LogP contribution in [0.3, 0.4) is 0 Å². The summed E-state index contributed by atoms with van der Waals surface area (Å²) in [4.78, 5) is 17.0. The third-order valence-corrected chi connectivity index (χ3v) is 5.15. The van der Waals surface area contributed by atoms with Crippen LogP contribution in [0.5, 0.6) is 0 Å². The summed E-state index contributed by atoms with van der Waals surface area (Å²) >= 11 is 7.62. The molecular weight excluding hydrogens is 397 g/mol. The van der Waals surface area contributed by atoms with Crippen molar-refractivity contribution in [3.63, 3.8) is 0 Å². The van der Waals surface area contributed by atoms with Crippen molar-refractivity contribution in [2.45, 2.75) is 10.6 Å². The third-order valence-electron chi connectivity index (χ3n) is 3.58. The van der Waals surface area contributed by atoms with E-state index in [0.29, 0.717) is 27.8 Å². The van der Waals surface area contributed by atoms with Gasteiger partial charge in [-0.2, -0.15) is 0 Å². The third kappa shape index (κ3) is 4.81. The van der Waals surface area contributed by atoms with Crippen molar-refractivity contribution >= 4 is 35.0 Å². The van der Waals surface area contributed by atoms with Crippen molar-refractivity contribution in [1.29, 1.82) is 0 Å². The predicted molar refractivity (Wildman–Crippen MR) is 99.5 cm³/mol. The summed E-state index contributed by atoms with van der Waals surface area (Å²) in [6.07, 6.45) is 3.37. The molecule has 1 N–H and O–H groups in total. The van der Waals surface area contributed by atoms with Crippen LogP contribution in [0.25, 0.3) is 0 Å². The number of nitrogens with one attached hydrogen (secondary N) is 1. The molecule has 1 heterocycles. The topological polar surface area (TPSA) is 42.0 Å². The monoisotopic (exact) mass is 408 g/mol. The predicted octanol–water partition coefficient (Wildman–Crippen LogP) is 5.70. The molecule has 0 atom stereocenters. The summed E-state index contributed by atoms with van der Waals surface area (Å²) in [5.41, 5.74) is 1.11. The first kappa shape index (κ1) is 19.3. The normalized spacial score (nSPS) is 10.7. The molecule has 1 amide bonds. The molecule has 0 unspecified atom stereocenters. The molecule has 0 spiro atoms. The van der Waals surface area contributed by atoms with E-state index in [4.69, 9.17) is 11.6 Å². The van der Waals surface area contributed by atoms with Gasteiger partial charge in [0.1, 0.15) is 0 Å². The zero-order valence-electron chi connectivity index (χ0n) is 13.7. The van der Waals surface area contributed by atoms with Crippen LogP contribution in [0.1, 0.15) is 15.9 Å². The second kappa shape index (κ2) is 8.45. The highest BCUT2D eigenvalue weighted by molar-refractivity contribution is 7.98. The molecule has 0 aliphatic rings. The molecule has 3 aromatic rings. The Morgan fingerprint density at radius 1 is 1.04 bits per heavy atom. The number of benzene rings is 2. The number of rotatable bonds is 5. The highest BCUT2D eigenvalue weighted by Gasteiger charge is 2.14. The van der Waals surface area contributed by atoms with Crippen LogP contribution in [-0.2, 0) is 5.75 Å². The molecule has 0 aliphatic heterocycles. The first-order valence-electron chi connectivity index (χ1n) is 7.71. The van der Waals surface area contributed by atoms with Crippen LogP contribution in [0.2, 0.25) is 5.02 Å². The second-order valence-corrected chi connectivity index (χ2v) is 6.92. The summed E-state index contributed by atoms with van der Waals surface area (Å²) in [6.45, 7) is 0. The van der Waals surface area contributed by atoms with Gasteiger partial charge in [0, 0.05) is 46.4 Å². The number of anilines is 1. The SMILES string of the molecule is O=C(Nc1cc(F)c(F)c(F)c1)c1ccc(Cl)c(SCc2ccncc2)c1. The van der Waals surface area contributed by atoms with Crippen molar-refractivity contribution in [3.05, 3.63) is 88.5 Å². The van der Waals surface area contributed by atoms with Crippen LogP contribution in [-0.4, -0.2) is 10.9 Å². The Morgan fingerprint density at radius 3 is 2.37 bits per heavy atom. The smallest absolute Gasteiger partial charge is 0.255 e. The summed E-state index contributed by atoms with van der Waals surface area (Å²) in [5, 5.41) is 2.82. The Labute approximate surface area is 162 Å². The minimum absolute atomic E-state index is 0.183. The first-order valence-corrected chi connectivity index (χ1v) is 9.07. The Bertz CT molecular complexity index is 963. The molecule has 0 saturated heterocycles. The minimum atomic E-state index is -1.59. The van der Waals surface area contributed by atoms with E-state index in [-0.39, 0.29) is 11.3 Å². The van der Waals surface area contributed by atoms with Gasteiger partial charge in [0.05, 0.1) is 5.02 Å². The van der Waals surface area contributed by atoms with Crippen LogP contribution < -0.4 is 5.32 Å². The molecule has 2 aromatic carbocycles. The highest BCUT2D eigenvalue weighted by atomic mass is 35.5. The average molecular weight is 409 g/mol. The maximum absolute atomic E-state index is 13.3. The van der Waals surface area contributed by atoms with Crippen molar-refractivity contribution < 1.29 is 18.0 Å². The number of aromatic nitrogens is 1. The van der Waals surface area contributed by atoms with E-state index in [1.165, 1.54) is 17.8 Å². The van der Waals surface area contributed by atoms with Gasteiger partial charge in [-0.15, -0.1) is 11.8 Å². The molecule has 0 fully saturated rings. The summed E-state index contributed by atoms with van der Waals surface area (Å²) < 4.78 is 39.6. The number of hydrogen-bond donors (Lipinski definition) is 1. The van der Waals surface area contributed by atoms with E-state index in [9.17, 15) is 18.0 Å². The van der Waals surface area contributed by atoms with Crippen molar-refractivity contribution in [3.8, 4) is 0 Å². The summed E-state index contributed by atoms with van der Waals surface area (Å²) in [5.74, 6) is -4.32. The molecule has 1 aromatic heterocycles. The lowest BCUT2D eigenvalue weighted by molar-refractivity contribution is 0.102. The van der Waals surface area contributed by atoms with Crippen molar-refractivity contribution in [2.24, 2.45) is 0 Å². The summed E-state index contributed by atoms with van der Waals surface area (Å²) in [6, 6.07) is 9.81. The van der Waals surface area contributed by atoms with Gasteiger partial charge in [-0.1, -0.05) is 11.6 Å².